The van der Waals surface area contributed by atoms with Crippen molar-refractivity contribution in [2.45, 2.75) is 32.5 Å². The van der Waals surface area contributed by atoms with Crippen LogP contribution in [0.3, 0.4) is 0 Å². The maximum Gasteiger partial charge on any atom is 0.573 e. The van der Waals surface area contributed by atoms with Crippen LogP contribution in [0.1, 0.15) is 30.9 Å². The van der Waals surface area contributed by atoms with Crippen molar-refractivity contribution in [3.05, 3.63) is 90.3 Å². The summed E-state index contributed by atoms with van der Waals surface area (Å²) in [5.41, 5.74) is 4.51. The van der Waals surface area contributed by atoms with E-state index in [-0.39, 0.29) is 5.75 Å². The molecule has 1 aliphatic heterocycles. The predicted octanol–water partition coefficient (Wildman–Crippen LogP) is 7.30. The number of aliphatic imine (C=N–C) groups is 2. The lowest BCUT2D eigenvalue weighted by molar-refractivity contribution is -0.274. The van der Waals surface area contributed by atoms with Crippen LogP contribution in [0, 0.1) is 0 Å². The van der Waals surface area contributed by atoms with Crippen molar-refractivity contribution < 1.29 is 22.7 Å². The first kappa shape index (κ1) is 29.1. The molecular formula is C30H27F3N6O2S. The van der Waals surface area contributed by atoms with Crippen LogP contribution in [0.4, 0.5) is 23.7 Å². The topological polar surface area (TPSA) is 85.0 Å². The van der Waals surface area contributed by atoms with Gasteiger partial charge in [-0.15, -0.1) is 18.3 Å². The van der Waals surface area contributed by atoms with E-state index in [1.165, 1.54) is 40.8 Å². The normalized spacial score (nSPS) is 14.8. The maximum atomic E-state index is 12.5. The SMILES string of the molecule is CC(C)c1ccccc1N1CCSC1=NC(=O)N=CCc1ccc(-c2ncn(-c3ccc(OC(F)(F)F)cc3)n2)cc1. The first-order chi connectivity index (χ1) is 20.2. The number of ether oxygens (including phenoxy) is 1. The number of benzene rings is 3. The Morgan fingerprint density at radius 3 is 2.52 bits per heavy atom. The van der Waals surface area contributed by atoms with Crippen molar-refractivity contribution >= 4 is 34.9 Å². The number of aromatic nitrogens is 3. The van der Waals surface area contributed by atoms with Gasteiger partial charge in [-0.25, -0.2) is 19.5 Å². The molecule has 0 bridgehead atoms. The minimum Gasteiger partial charge on any atom is -0.406 e. The summed E-state index contributed by atoms with van der Waals surface area (Å²) in [7, 11) is 0. The number of urea groups is 1. The molecule has 216 valence electrons. The molecule has 0 saturated carbocycles. The van der Waals surface area contributed by atoms with Crippen LogP contribution in [0.5, 0.6) is 5.75 Å². The van der Waals surface area contributed by atoms with Crippen LogP contribution in [-0.4, -0.2) is 50.8 Å². The van der Waals surface area contributed by atoms with E-state index < -0.39 is 12.4 Å². The molecule has 3 aromatic carbocycles. The lowest BCUT2D eigenvalue weighted by atomic mass is 10.0. The second kappa shape index (κ2) is 12.6. The summed E-state index contributed by atoms with van der Waals surface area (Å²) in [6.07, 6.45) is -1.28. The van der Waals surface area contributed by atoms with Crippen LogP contribution < -0.4 is 9.64 Å². The van der Waals surface area contributed by atoms with Crippen LogP contribution in [-0.2, 0) is 6.42 Å². The Morgan fingerprint density at radius 2 is 1.81 bits per heavy atom. The average molecular weight is 593 g/mol. The molecule has 5 rings (SSSR count). The van der Waals surface area contributed by atoms with Gasteiger partial charge < -0.3 is 9.64 Å². The molecule has 0 atom stereocenters. The van der Waals surface area contributed by atoms with Gasteiger partial charge in [0.2, 0.25) is 0 Å². The fourth-order valence-corrected chi connectivity index (χ4v) is 5.33. The van der Waals surface area contributed by atoms with Crippen molar-refractivity contribution in [2.24, 2.45) is 9.98 Å². The molecule has 8 nitrogen and oxygen atoms in total. The monoisotopic (exact) mass is 592 g/mol. The number of amides is 2. The molecular weight excluding hydrogens is 565 g/mol. The molecule has 0 N–H and O–H groups in total. The zero-order valence-electron chi connectivity index (χ0n) is 22.8. The summed E-state index contributed by atoms with van der Waals surface area (Å²) in [5, 5.41) is 5.07. The number of alkyl halides is 3. The number of para-hydroxylation sites is 1. The van der Waals surface area contributed by atoms with Gasteiger partial charge in [0.05, 0.1) is 5.69 Å². The Bertz CT molecular complexity index is 1600. The van der Waals surface area contributed by atoms with E-state index in [4.69, 9.17) is 0 Å². The van der Waals surface area contributed by atoms with E-state index >= 15 is 0 Å². The van der Waals surface area contributed by atoms with Gasteiger partial charge in [-0.2, -0.15) is 4.99 Å². The second-order valence-electron chi connectivity index (χ2n) is 9.66. The van der Waals surface area contributed by atoms with Crippen molar-refractivity contribution in [3.8, 4) is 22.8 Å². The van der Waals surface area contributed by atoms with Gasteiger partial charge >= 0.3 is 12.4 Å². The van der Waals surface area contributed by atoms with Gasteiger partial charge in [0.15, 0.2) is 11.0 Å². The van der Waals surface area contributed by atoms with Gasteiger partial charge in [-0.1, -0.05) is 68.1 Å². The standard InChI is InChI=1S/C30H27F3N6O2S/c1-20(2)25-5-3-4-6-26(25)38-17-18-42-29(38)36-28(40)34-16-15-21-7-9-22(10-8-21)27-35-19-39(37-27)23-11-13-24(14-12-23)41-30(31,32)33/h3-14,16,19-20H,15,17-18H2,1-2H3. The molecule has 1 aromatic heterocycles. The summed E-state index contributed by atoms with van der Waals surface area (Å²) in [6, 6.07) is 20.5. The zero-order valence-corrected chi connectivity index (χ0v) is 23.6. The maximum absolute atomic E-state index is 12.5. The van der Waals surface area contributed by atoms with E-state index in [9.17, 15) is 18.0 Å². The van der Waals surface area contributed by atoms with Crippen molar-refractivity contribution in [1.29, 1.82) is 0 Å². The van der Waals surface area contributed by atoms with Crippen LogP contribution in [0.25, 0.3) is 17.1 Å². The van der Waals surface area contributed by atoms with E-state index in [1.807, 2.05) is 36.4 Å². The van der Waals surface area contributed by atoms with Gasteiger partial charge in [0.1, 0.15) is 12.1 Å². The van der Waals surface area contributed by atoms with Crippen molar-refractivity contribution in [2.75, 3.05) is 17.2 Å². The number of amidine groups is 1. The Balaban J connectivity index is 1.19. The quantitative estimate of drug-likeness (QED) is 0.210. The molecule has 0 aliphatic carbocycles. The fourth-order valence-electron chi connectivity index (χ4n) is 4.39. The summed E-state index contributed by atoms with van der Waals surface area (Å²) in [5.74, 6) is 1.34. The number of anilines is 1. The highest BCUT2D eigenvalue weighted by Crippen LogP contribution is 2.32. The van der Waals surface area contributed by atoms with Crippen LogP contribution in [0.15, 0.2) is 89.1 Å². The molecule has 2 amide bonds. The lowest BCUT2D eigenvalue weighted by Crippen LogP contribution is -2.25. The fraction of sp³-hybridized carbons (Fsp3) is 0.233. The molecule has 2 heterocycles. The number of carbonyl (C=O) groups is 1. The Hall–Kier alpha value is -4.45. The number of hydrogen-bond donors (Lipinski definition) is 0. The molecule has 12 heteroatoms. The third-order valence-electron chi connectivity index (χ3n) is 6.39. The van der Waals surface area contributed by atoms with E-state index in [1.54, 1.807) is 18.0 Å². The molecule has 1 aliphatic rings. The molecule has 1 fully saturated rings. The Kier molecular flexibility index (Phi) is 8.72. The second-order valence-corrected chi connectivity index (χ2v) is 10.7. The van der Waals surface area contributed by atoms with Gasteiger partial charge in [-0.05, 0) is 47.4 Å². The highest BCUT2D eigenvalue weighted by molar-refractivity contribution is 8.14. The van der Waals surface area contributed by atoms with Crippen molar-refractivity contribution in [1.82, 2.24) is 14.8 Å². The average Bonchev–Trinajstić information content (AvgIpc) is 3.63. The minimum absolute atomic E-state index is 0.313. The minimum atomic E-state index is -4.75. The van der Waals surface area contributed by atoms with E-state index in [2.05, 4.69) is 55.7 Å². The van der Waals surface area contributed by atoms with Gasteiger partial charge in [0.25, 0.3) is 0 Å². The Labute approximate surface area is 245 Å². The third kappa shape index (κ3) is 7.24. The molecule has 42 heavy (non-hydrogen) atoms. The van der Waals surface area contributed by atoms with E-state index in [0.29, 0.717) is 29.0 Å². The summed E-state index contributed by atoms with van der Waals surface area (Å²) < 4.78 is 42.5. The third-order valence-corrected chi connectivity index (χ3v) is 7.34. The number of halogens is 3. The largest absolute Gasteiger partial charge is 0.573 e. The van der Waals surface area contributed by atoms with Crippen molar-refractivity contribution in [3.63, 3.8) is 0 Å². The zero-order chi connectivity index (χ0) is 29.7. The smallest absolute Gasteiger partial charge is 0.406 e. The number of carbonyl (C=O) groups excluding carboxylic acids is 1. The van der Waals surface area contributed by atoms with Gasteiger partial charge in [0, 0.05) is 36.2 Å². The first-order valence-corrected chi connectivity index (χ1v) is 14.2. The molecule has 1 saturated heterocycles. The van der Waals surface area contributed by atoms with Crippen LogP contribution in [0.2, 0.25) is 0 Å². The molecule has 0 radical (unpaired) electrons. The predicted molar refractivity (Wildman–Crippen MR) is 159 cm³/mol. The molecule has 0 unspecified atom stereocenters. The summed E-state index contributed by atoms with van der Waals surface area (Å²) in [4.78, 5) is 27.2. The Morgan fingerprint density at radius 1 is 1.07 bits per heavy atom. The highest BCUT2D eigenvalue weighted by atomic mass is 32.2. The summed E-state index contributed by atoms with van der Waals surface area (Å²) in [6.45, 7) is 5.08. The molecule has 4 aromatic rings. The summed E-state index contributed by atoms with van der Waals surface area (Å²) >= 11 is 1.55. The lowest BCUT2D eigenvalue weighted by Gasteiger charge is -2.22. The van der Waals surface area contributed by atoms with E-state index in [0.717, 1.165) is 29.1 Å². The van der Waals surface area contributed by atoms with Gasteiger partial charge in [-0.3, -0.25) is 0 Å². The number of nitrogens with zero attached hydrogens (tertiary/aromatic N) is 6. The molecule has 0 spiro atoms. The van der Waals surface area contributed by atoms with Crippen LogP contribution >= 0.6 is 11.8 Å². The number of thioether (sulfide) groups is 1. The highest BCUT2D eigenvalue weighted by Gasteiger charge is 2.31. The number of rotatable bonds is 7. The first-order valence-electron chi connectivity index (χ1n) is 13.2. The number of hydrogen-bond acceptors (Lipinski definition) is 5.